The predicted molar refractivity (Wildman–Crippen MR) is 65.0 cm³/mol. The van der Waals surface area contributed by atoms with Crippen LogP contribution in [0.2, 0.25) is 0 Å². The molecule has 2 aromatic heterocycles. The number of pyridine rings is 2. The minimum atomic E-state index is 1.21. The van der Waals surface area contributed by atoms with E-state index in [0.717, 1.165) is 0 Å². The molecule has 0 spiro atoms. The first-order valence-corrected chi connectivity index (χ1v) is 5.39. The van der Waals surface area contributed by atoms with Gasteiger partial charge >= 0.3 is 0 Å². The molecule has 0 saturated heterocycles. The molecule has 0 saturated carbocycles. The van der Waals surface area contributed by atoms with Crippen molar-refractivity contribution in [2.75, 3.05) is 0 Å². The van der Waals surface area contributed by atoms with E-state index in [4.69, 9.17) is 0 Å². The number of fused-ring (bicyclic) bond motifs is 1. The van der Waals surface area contributed by atoms with Crippen LogP contribution in [0.5, 0.6) is 0 Å². The maximum absolute atomic E-state index is 2.20. The zero-order valence-electron chi connectivity index (χ0n) is 8.88. The average Bonchev–Trinajstić information content (AvgIpc) is 2.39. The summed E-state index contributed by atoms with van der Waals surface area (Å²) in [7, 11) is 0. The Labute approximate surface area is 94.6 Å². The smallest absolute Gasteiger partial charge is 0.167 e. The molecule has 2 heterocycles. The van der Waals surface area contributed by atoms with Crippen LogP contribution >= 0.6 is 0 Å². The Kier molecular flexibility index (Phi) is 2.15. The molecule has 0 aliphatic rings. The third kappa shape index (κ3) is 1.57. The molecule has 0 amide bonds. The van der Waals surface area contributed by atoms with Crippen LogP contribution in [0.3, 0.4) is 0 Å². The van der Waals surface area contributed by atoms with Crippen molar-refractivity contribution < 1.29 is 4.40 Å². The summed E-state index contributed by atoms with van der Waals surface area (Å²) in [5, 5.41) is 0. The zero-order chi connectivity index (χ0) is 10.8. The van der Waals surface area contributed by atoms with Gasteiger partial charge in [0.25, 0.3) is 0 Å². The van der Waals surface area contributed by atoms with Crippen LogP contribution in [0.1, 0.15) is 0 Å². The van der Waals surface area contributed by atoms with Crippen molar-refractivity contribution in [1.82, 2.24) is 0 Å². The Morgan fingerprint density at radius 1 is 0.625 bits per heavy atom. The fourth-order valence-corrected chi connectivity index (χ4v) is 1.91. The average molecular weight is 206 g/mol. The van der Waals surface area contributed by atoms with E-state index in [-0.39, 0.29) is 0 Å². The topological polar surface area (TPSA) is 4.10 Å². The van der Waals surface area contributed by atoms with Crippen molar-refractivity contribution in [3.8, 4) is 11.1 Å². The molecular formula is C15H12N+. The summed E-state index contributed by atoms with van der Waals surface area (Å²) in [6, 6.07) is 21.0. The third-order valence-electron chi connectivity index (χ3n) is 2.75. The van der Waals surface area contributed by atoms with Gasteiger partial charge in [-0.3, -0.25) is 0 Å². The molecule has 0 radical (unpaired) electrons. The highest BCUT2D eigenvalue weighted by Gasteiger charge is 2.03. The molecule has 3 aromatic rings. The van der Waals surface area contributed by atoms with E-state index >= 15 is 0 Å². The number of hydrogen-bond acceptors (Lipinski definition) is 0. The molecule has 0 fully saturated rings. The number of nitrogens with zero attached hydrogens (tertiary/aromatic N) is 1. The van der Waals surface area contributed by atoms with E-state index in [1.165, 1.54) is 16.6 Å². The minimum Gasteiger partial charge on any atom is -0.167 e. The fraction of sp³-hybridized carbons (Fsp3) is 0. The van der Waals surface area contributed by atoms with E-state index < -0.39 is 0 Å². The first kappa shape index (κ1) is 9.10. The van der Waals surface area contributed by atoms with Crippen molar-refractivity contribution in [3.63, 3.8) is 0 Å². The van der Waals surface area contributed by atoms with Gasteiger partial charge < -0.3 is 0 Å². The molecule has 76 valence electrons. The van der Waals surface area contributed by atoms with Crippen LogP contribution < -0.4 is 4.40 Å². The summed E-state index contributed by atoms with van der Waals surface area (Å²) in [6.07, 6.45) is 4.15. The second-order valence-electron chi connectivity index (χ2n) is 3.81. The maximum Gasteiger partial charge on any atom is 0.211 e. The molecule has 0 aliphatic carbocycles. The lowest BCUT2D eigenvalue weighted by Crippen LogP contribution is -2.19. The van der Waals surface area contributed by atoms with E-state index in [1.54, 1.807) is 0 Å². The predicted octanol–water partition coefficient (Wildman–Crippen LogP) is 3.09. The molecule has 0 bridgehead atoms. The lowest BCUT2D eigenvalue weighted by Gasteiger charge is -1.99. The Morgan fingerprint density at radius 2 is 1.44 bits per heavy atom. The number of aromatic nitrogens is 1. The van der Waals surface area contributed by atoms with Gasteiger partial charge in [0.15, 0.2) is 12.4 Å². The molecule has 0 atom stereocenters. The highest BCUT2D eigenvalue weighted by molar-refractivity contribution is 5.66. The fourth-order valence-electron chi connectivity index (χ4n) is 1.91. The molecule has 1 nitrogen and oxygen atoms in total. The van der Waals surface area contributed by atoms with Crippen molar-refractivity contribution in [1.29, 1.82) is 0 Å². The second-order valence-corrected chi connectivity index (χ2v) is 3.81. The monoisotopic (exact) mass is 206 g/mol. The van der Waals surface area contributed by atoms with Crippen molar-refractivity contribution in [3.05, 3.63) is 73.1 Å². The van der Waals surface area contributed by atoms with Crippen molar-refractivity contribution in [2.24, 2.45) is 0 Å². The summed E-state index contributed by atoms with van der Waals surface area (Å²) < 4.78 is 2.12. The molecule has 0 N–H and O–H groups in total. The van der Waals surface area contributed by atoms with Gasteiger partial charge in [-0.25, -0.2) is 0 Å². The van der Waals surface area contributed by atoms with Crippen LogP contribution in [0.25, 0.3) is 16.6 Å². The zero-order valence-corrected chi connectivity index (χ0v) is 8.88. The quantitative estimate of drug-likeness (QED) is 0.539. The van der Waals surface area contributed by atoms with E-state index in [2.05, 4.69) is 65.3 Å². The first-order chi connectivity index (χ1) is 7.93. The van der Waals surface area contributed by atoms with Gasteiger partial charge in [-0.15, -0.1) is 0 Å². The molecule has 3 rings (SSSR count). The third-order valence-corrected chi connectivity index (χ3v) is 2.75. The van der Waals surface area contributed by atoms with E-state index in [9.17, 15) is 0 Å². The van der Waals surface area contributed by atoms with Gasteiger partial charge in [0.1, 0.15) is 0 Å². The van der Waals surface area contributed by atoms with Gasteiger partial charge in [0, 0.05) is 24.3 Å². The first-order valence-electron chi connectivity index (χ1n) is 5.39. The van der Waals surface area contributed by atoms with Gasteiger partial charge in [-0.1, -0.05) is 30.3 Å². The van der Waals surface area contributed by atoms with E-state index in [0.29, 0.717) is 0 Å². The number of rotatable bonds is 1. The molecule has 0 aliphatic heterocycles. The normalized spacial score (nSPS) is 10.5. The van der Waals surface area contributed by atoms with Gasteiger partial charge in [-0.2, -0.15) is 4.40 Å². The van der Waals surface area contributed by atoms with E-state index in [1.807, 2.05) is 12.1 Å². The standard InChI is InChI=1S/C15H12N/c1-2-6-13(7-3-1)14-9-11-16-10-5-4-8-15(16)12-14/h1-12H/q+1. The lowest BCUT2D eigenvalue weighted by atomic mass is 10.1. The van der Waals surface area contributed by atoms with Crippen molar-refractivity contribution >= 4 is 5.52 Å². The summed E-state index contributed by atoms with van der Waals surface area (Å²) >= 11 is 0. The summed E-state index contributed by atoms with van der Waals surface area (Å²) in [5.74, 6) is 0. The summed E-state index contributed by atoms with van der Waals surface area (Å²) in [4.78, 5) is 0. The molecule has 16 heavy (non-hydrogen) atoms. The van der Waals surface area contributed by atoms with Crippen molar-refractivity contribution in [2.45, 2.75) is 0 Å². The Balaban J connectivity index is 2.19. The Morgan fingerprint density at radius 3 is 2.31 bits per heavy atom. The summed E-state index contributed by atoms with van der Waals surface area (Å²) in [6.45, 7) is 0. The van der Waals surface area contributed by atoms with Gasteiger partial charge in [0.05, 0.1) is 0 Å². The number of benzene rings is 1. The highest BCUT2D eigenvalue weighted by Crippen LogP contribution is 2.18. The lowest BCUT2D eigenvalue weighted by molar-refractivity contribution is -0.511. The van der Waals surface area contributed by atoms with Crippen LogP contribution in [0.4, 0.5) is 0 Å². The van der Waals surface area contributed by atoms with Crippen LogP contribution in [0, 0.1) is 0 Å². The van der Waals surface area contributed by atoms with Crippen LogP contribution in [-0.4, -0.2) is 0 Å². The SMILES string of the molecule is c1ccc(-c2cc[n+]3ccccc3c2)cc1. The van der Waals surface area contributed by atoms with Gasteiger partial charge in [0.2, 0.25) is 5.52 Å². The molecular weight excluding hydrogens is 194 g/mol. The number of hydrogen-bond donors (Lipinski definition) is 0. The minimum absolute atomic E-state index is 1.21. The molecule has 1 heteroatoms. The Bertz CT molecular complexity index is 614. The summed E-state index contributed by atoms with van der Waals surface area (Å²) in [5.41, 5.74) is 3.73. The van der Waals surface area contributed by atoms with Crippen LogP contribution in [-0.2, 0) is 0 Å². The molecule has 1 aromatic carbocycles. The highest BCUT2D eigenvalue weighted by atomic mass is 14.8. The van der Waals surface area contributed by atoms with Gasteiger partial charge in [-0.05, 0) is 17.2 Å². The Hall–Kier alpha value is -2.15. The maximum atomic E-state index is 2.20. The second kappa shape index (κ2) is 3.78. The largest absolute Gasteiger partial charge is 0.211 e. The van der Waals surface area contributed by atoms with Crippen LogP contribution in [0.15, 0.2) is 73.1 Å². The molecule has 0 unspecified atom stereocenters.